The Labute approximate surface area is 166 Å². The van der Waals surface area contributed by atoms with Crippen molar-refractivity contribution in [3.8, 4) is 11.4 Å². The molecule has 28 heavy (non-hydrogen) atoms. The maximum atomic E-state index is 11.8. The first-order chi connectivity index (χ1) is 13.6. The lowest BCUT2D eigenvalue weighted by Crippen LogP contribution is -2.31. The van der Waals surface area contributed by atoms with E-state index in [1.165, 1.54) is 16.7 Å². The summed E-state index contributed by atoms with van der Waals surface area (Å²) in [6.45, 7) is 2.93. The summed E-state index contributed by atoms with van der Waals surface area (Å²) in [7, 11) is 0. The van der Waals surface area contributed by atoms with Gasteiger partial charge in [0.25, 0.3) is 0 Å². The van der Waals surface area contributed by atoms with Gasteiger partial charge in [0.1, 0.15) is 5.76 Å². The number of amides is 2. The number of thioether (sulfide) groups is 1. The minimum absolute atomic E-state index is 0.0943. The molecule has 0 spiro atoms. The number of aryl methyl sites for hydroxylation is 1. The molecule has 0 aliphatic carbocycles. The number of nitrogens with zero attached hydrogens (tertiary/aromatic N) is 4. The van der Waals surface area contributed by atoms with Gasteiger partial charge in [-0.25, -0.2) is 0 Å². The van der Waals surface area contributed by atoms with Crippen molar-refractivity contribution in [2.75, 3.05) is 12.3 Å². The number of furan rings is 1. The molecule has 8 heteroatoms. The SMILES string of the molecule is Cc1cccc(-c2nnc(SCCN3C(=O)CCC3=O)n2Cc2ccco2)c1. The van der Waals surface area contributed by atoms with Crippen LogP contribution in [0.1, 0.15) is 24.2 Å². The molecular formula is C20H20N4O3S. The molecule has 3 heterocycles. The van der Waals surface area contributed by atoms with Crippen LogP contribution in [0, 0.1) is 6.92 Å². The van der Waals surface area contributed by atoms with Crippen LogP contribution in [-0.4, -0.2) is 43.8 Å². The first-order valence-electron chi connectivity index (χ1n) is 9.10. The van der Waals surface area contributed by atoms with Gasteiger partial charge in [-0.1, -0.05) is 35.5 Å². The highest BCUT2D eigenvalue weighted by molar-refractivity contribution is 7.99. The third-order valence-corrected chi connectivity index (χ3v) is 5.53. The van der Waals surface area contributed by atoms with Crippen LogP contribution in [0.3, 0.4) is 0 Å². The summed E-state index contributed by atoms with van der Waals surface area (Å²) in [6.07, 6.45) is 2.27. The molecule has 1 aliphatic heterocycles. The number of carbonyl (C=O) groups excluding carboxylic acids is 2. The lowest BCUT2D eigenvalue weighted by atomic mass is 10.1. The molecule has 1 aliphatic rings. The van der Waals surface area contributed by atoms with Gasteiger partial charge in [-0.2, -0.15) is 0 Å². The summed E-state index contributed by atoms with van der Waals surface area (Å²) in [5.41, 5.74) is 2.13. The molecule has 7 nitrogen and oxygen atoms in total. The predicted molar refractivity (Wildman–Crippen MR) is 105 cm³/mol. The Morgan fingerprint density at radius 3 is 2.64 bits per heavy atom. The number of likely N-dealkylation sites (tertiary alicyclic amines) is 1. The molecule has 1 aromatic carbocycles. The molecule has 144 valence electrons. The van der Waals surface area contributed by atoms with E-state index in [1.807, 2.05) is 41.8 Å². The highest BCUT2D eigenvalue weighted by Gasteiger charge is 2.28. The minimum Gasteiger partial charge on any atom is -0.467 e. The number of imide groups is 1. The smallest absolute Gasteiger partial charge is 0.229 e. The second kappa shape index (κ2) is 8.02. The number of aromatic nitrogens is 3. The summed E-state index contributed by atoms with van der Waals surface area (Å²) < 4.78 is 7.51. The molecular weight excluding hydrogens is 376 g/mol. The Morgan fingerprint density at radius 2 is 1.93 bits per heavy atom. The van der Waals surface area contributed by atoms with Crippen molar-refractivity contribution < 1.29 is 14.0 Å². The van der Waals surface area contributed by atoms with Crippen molar-refractivity contribution in [3.63, 3.8) is 0 Å². The van der Waals surface area contributed by atoms with E-state index in [9.17, 15) is 9.59 Å². The Balaban J connectivity index is 1.56. The van der Waals surface area contributed by atoms with E-state index in [4.69, 9.17) is 4.42 Å². The quantitative estimate of drug-likeness (QED) is 0.451. The molecule has 0 saturated carbocycles. The molecule has 3 aromatic rings. The highest BCUT2D eigenvalue weighted by atomic mass is 32.2. The zero-order valence-electron chi connectivity index (χ0n) is 15.5. The third-order valence-electron chi connectivity index (χ3n) is 4.59. The van der Waals surface area contributed by atoms with Crippen molar-refractivity contribution in [3.05, 3.63) is 54.0 Å². The number of rotatable bonds is 7. The second-order valence-electron chi connectivity index (χ2n) is 6.63. The van der Waals surface area contributed by atoms with Crippen LogP contribution >= 0.6 is 11.8 Å². The number of hydrogen-bond donors (Lipinski definition) is 0. The molecule has 0 N–H and O–H groups in total. The molecule has 0 atom stereocenters. The summed E-state index contributed by atoms with van der Waals surface area (Å²) in [4.78, 5) is 24.9. The van der Waals surface area contributed by atoms with Crippen molar-refractivity contribution in [1.82, 2.24) is 19.7 Å². The Hall–Kier alpha value is -2.87. The van der Waals surface area contributed by atoms with Gasteiger partial charge >= 0.3 is 0 Å². The fourth-order valence-corrected chi connectivity index (χ4v) is 4.06. The van der Waals surface area contributed by atoms with Crippen molar-refractivity contribution in [2.24, 2.45) is 0 Å². The Morgan fingerprint density at radius 1 is 1.11 bits per heavy atom. The van der Waals surface area contributed by atoms with Gasteiger partial charge in [-0.15, -0.1) is 10.2 Å². The Bertz CT molecular complexity index is 981. The van der Waals surface area contributed by atoms with Crippen LogP contribution in [0.5, 0.6) is 0 Å². The molecule has 0 radical (unpaired) electrons. The molecule has 0 unspecified atom stereocenters. The third kappa shape index (κ3) is 3.87. The van der Waals surface area contributed by atoms with Gasteiger partial charge in [0.05, 0.1) is 12.8 Å². The second-order valence-corrected chi connectivity index (χ2v) is 7.69. The molecule has 2 amide bonds. The van der Waals surface area contributed by atoms with E-state index in [1.54, 1.807) is 6.26 Å². The lowest BCUT2D eigenvalue weighted by Gasteiger charge is -2.13. The van der Waals surface area contributed by atoms with Crippen LogP contribution in [0.15, 0.2) is 52.2 Å². The van der Waals surface area contributed by atoms with Crippen LogP contribution in [-0.2, 0) is 16.1 Å². The van der Waals surface area contributed by atoms with Crippen LogP contribution in [0.25, 0.3) is 11.4 Å². The maximum Gasteiger partial charge on any atom is 0.229 e. The van der Waals surface area contributed by atoms with Gasteiger partial charge in [-0.05, 0) is 25.1 Å². The summed E-state index contributed by atoms with van der Waals surface area (Å²) in [5.74, 6) is 1.95. The van der Waals surface area contributed by atoms with Crippen molar-refractivity contribution >= 4 is 23.6 Å². The van der Waals surface area contributed by atoms with Gasteiger partial charge in [0.15, 0.2) is 11.0 Å². The zero-order valence-corrected chi connectivity index (χ0v) is 16.3. The molecule has 1 saturated heterocycles. The van der Waals surface area contributed by atoms with E-state index < -0.39 is 0 Å². The van der Waals surface area contributed by atoms with Gasteiger partial charge in [0, 0.05) is 30.7 Å². The Kier molecular flexibility index (Phi) is 5.29. The van der Waals surface area contributed by atoms with E-state index >= 15 is 0 Å². The van der Waals surface area contributed by atoms with E-state index in [0.29, 0.717) is 31.7 Å². The minimum atomic E-state index is -0.0943. The summed E-state index contributed by atoms with van der Waals surface area (Å²) in [6, 6.07) is 11.9. The topological polar surface area (TPSA) is 81.2 Å². The van der Waals surface area contributed by atoms with Crippen LogP contribution < -0.4 is 0 Å². The van der Waals surface area contributed by atoms with Gasteiger partial charge in [0.2, 0.25) is 11.8 Å². The molecule has 1 fully saturated rings. The van der Waals surface area contributed by atoms with Crippen LogP contribution in [0.2, 0.25) is 0 Å². The first-order valence-corrected chi connectivity index (χ1v) is 10.1. The molecule has 0 bridgehead atoms. The number of hydrogen-bond acceptors (Lipinski definition) is 6. The number of benzene rings is 1. The summed E-state index contributed by atoms with van der Waals surface area (Å²) >= 11 is 1.48. The number of carbonyl (C=O) groups is 2. The largest absolute Gasteiger partial charge is 0.467 e. The van der Waals surface area contributed by atoms with Gasteiger partial charge < -0.3 is 4.42 Å². The first kappa shape index (κ1) is 18.5. The maximum absolute atomic E-state index is 11.8. The van der Waals surface area contributed by atoms with E-state index in [0.717, 1.165) is 27.9 Å². The van der Waals surface area contributed by atoms with Gasteiger partial charge in [-0.3, -0.25) is 19.1 Å². The molecule has 2 aromatic heterocycles. The van der Waals surface area contributed by atoms with Crippen molar-refractivity contribution in [2.45, 2.75) is 31.5 Å². The van der Waals surface area contributed by atoms with E-state index in [-0.39, 0.29) is 11.8 Å². The van der Waals surface area contributed by atoms with Crippen molar-refractivity contribution in [1.29, 1.82) is 0 Å². The average molecular weight is 396 g/mol. The molecule has 4 rings (SSSR count). The highest BCUT2D eigenvalue weighted by Crippen LogP contribution is 2.26. The fraction of sp³-hybridized carbons (Fsp3) is 0.300. The van der Waals surface area contributed by atoms with E-state index in [2.05, 4.69) is 16.3 Å². The summed E-state index contributed by atoms with van der Waals surface area (Å²) in [5, 5.41) is 9.47. The fourth-order valence-electron chi connectivity index (χ4n) is 3.19. The average Bonchev–Trinajstić information content (AvgIpc) is 3.40. The van der Waals surface area contributed by atoms with Crippen LogP contribution in [0.4, 0.5) is 0 Å². The standard InChI is InChI=1S/C20H20N4O3S/c1-14-4-2-5-15(12-14)19-21-22-20(24(19)13-16-6-3-10-27-16)28-11-9-23-17(25)7-8-18(23)26/h2-6,10,12H,7-9,11,13H2,1H3. The predicted octanol–water partition coefficient (Wildman–Crippen LogP) is 3.14. The monoisotopic (exact) mass is 396 g/mol. The lowest BCUT2D eigenvalue weighted by molar-refractivity contribution is -0.137. The normalized spacial score (nSPS) is 14.2. The zero-order chi connectivity index (χ0) is 19.5.